The van der Waals surface area contributed by atoms with Gasteiger partial charge in [0.2, 0.25) is 0 Å². The van der Waals surface area contributed by atoms with Crippen molar-refractivity contribution in [3.05, 3.63) is 22.1 Å². The van der Waals surface area contributed by atoms with Gasteiger partial charge in [-0.2, -0.15) is 0 Å². The van der Waals surface area contributed by atoms with Gasteiger partial charge in [-0.1, -0.05) is 24.0 Å². The Kier molecular flexibility index (Phi) is 6.16. The largest absolute Gasteiger partial charge is 0.369 e. The number of carbonyl (C=O) groups is 1. The van der Waals surface area contributed by atoms with E-state index in [0.29, 0.717) is 10.9 Å². The fraction of sp³-hybridized carbons (Fsp3) is 0.571. The van der Waals surface area contributed by atoms with E-state index >= 15 is 0 Å². The summed E-state index contributed by atoms with van der Waals surface area (Å²) in [7, 11) is 6.14. The summed E-state index contributed by atoms with van der Waals surface area (Å²) >= 11 is 8.55. The molecule has 0 bridgehead atoms. The van der Waals surface area contributed by atoms with Crippen LogP contribution >= 0.6 is 35.7 Å². The van der Waals surface area contributed by atoms with Crippen molar-refractivity contribution < 1.29 is 4.79 Å². The van der Waals surface area contributed by atoms with Gasteiger partial charge in [0.15, 0.2) is 0 Å². The average molecular weight is 344 g/mol. The summed E-state index contributed by atoms with van der Waals surface area (Å²) < 4.78 is 0.677. The molecule has 2 saturated heterocycles. The number of thioether (sulfide) groups is 2. The van der Waals surface area contributed by atoms with Crippen molar-refractivity contribution in [1.29, 1.82) is 0 Å². The molecule has 0 unspecified atom stereocenters. The van der Waals surface area contributed by atoms with Crippen molar-refractivity contribution in [1.82, 2.24) is 14.7 Å². The molecular formula is C14H21N3OS3. The maximum atomic E-state index is 12.4. The third-order valence-electron chi connectivity index (χ3n) is 3.29. The molecule has 0 saturated carbocycles. The van der Waals surface area contributed by atoms with Crippen molar-refractivity contribution >= 4 is 46.0 Å². The van der Waals surface area contributed by atoms with Gasteiger partial charge in [0, 0.05) is 25.9 Å². The van der Waals surface area contributed by atoms with E-state index in [1.165, 1.54) is 16.8 Å². The molecule has 21 heavy (non-hydrogen) atoms. The zero-order valence-corrected chi connectivity index (χ0v) is 15.1. The second kappa shape index (κ2) is 7.67. The molecule has 0 spiro atoms. The first-order valence-electron chi connectivity index (χ1n) is 6.93. The fourth-order valence-electron chi connectivity index (χ4n) is 2.08. The van der Waals surface area contributed by atoms with Crippen LogP contribution in [0.15, 0.2) is 22.1 Å². The normalized spacial score (nSPS) is 23.4. The first-order chi connectivity index (χ1) is 9.99. The lowest BCUT2D eigenvalue weighted by Gasteiger charge is -2.16. The molecule has 2 fully saturated rings. The second-order valence-corrected chi connectivity index (χ2v) is 8.08. The fourth-order valence-corrected chi connectivity index (χ4v) is 4.38. The molecule has 0 aromatic rings. The standard InChI is InChI=1S/C14H21N3OS3/c1-15(2)7-4-8-17-13(18)11(21-14(17)19)5-6-12-16(3)9-10-20-12/h5-6H,4,7-10H2,1-3H3. The SMILES string of the molecule is CN(C)CCCN1C(=O)C(=CC=C2SCCN2C)SC1=S. The Labute approximate surface area is 140 Å². The van der Waals surface area contributed by atoms with Gasteiger partial charge in [0.05, 0.1) is 9.93 Å². The molecule has 0 aliphatic carbocycles. The van der Waals surface area contributed by atoms with Crippen molar-refractivity contribution in [2.45, 2.75) is 6.42 Å². The van der Waals surface area contributed by atoms with E-state index in [9.17, 15) is 4.79 Å². The molecule has 4 nitrogen and oxygen atoms in total. The maximum Gasteiger partial charge on any atom is 0.266 e. The van der Waals surface area contributed by atoms with Crippen LogP contribution in [0.3, 0.4) is 0 Å². The topological polar surface area (TPSA) is 26.8 Å². The Hall–Kier alpha value is -0.500. The van der Waals surface area contributed by atoms with Crippen LogP contribution in [0.1, 0.15) is 6.42 Å². The van der Waals surface area contributed by atoms with Gasteiger partial charge in [-0.05, 0) is 39.2 Å². The predicted octanol–water partition coefficient (Wildman–Crippen LogP) is 2.20. The van der Waals surface area contributed by atoms with Gasteiger partial charge in [0.1, 0.15) is 4.32 Å². The van der Waals surface area contributed by atoms with E-state index in [0.717, 1.165) is 30.2 Å². The molecule has 0 aromatic carbocycles. The highest BCUT2D eigenvalue weighted by Crippen LogP contribution is 2.32. The molecule has 0 aromatic heterocycles. The average Bonchev–Trinajstić information content (AvgIpc) is 2.94. The van der Waals surface area contributed by atoms with Crippen LogP contribution in [-0.4, -0.2) is 71.5 Å². The number of amides is 1. The highest BCUT2D eigenvalue weighted by Gasteiger charge is 2.31. The first-order valence-corrected chi connectivity index (χ1v) is 9.14. The van der Waals surface area contributed by atoms with Gasteiger partial charge in [-0.3, -0.25) is 9.69 Å². The number of nitrogens with zero attached hydrogens (tertiary/aromatic N) is 3. The van der Waals surface area contributed by atoms with Crippen molar-refractivity contribution in [2.75, 3.05) is 46.5 Å². The summed E-state index contributed by atoms with van der Waals surface area (Å²) in [6.45, 7) is 2.73. The monoisotopic (exact) mass is 343 g/mol. The number of thiocarbonyl (C=S) groups is 1. The van der Waals surface area contributed by atoms with E-state index in [1.54, 1.807) is 4.90 Å². The molecule has 2 rings (SSSR count). The van der Waals surface area contributed by atoms with E-state index < -0.39 is 0 Å². The third-order valence-corrected chi connectivity index (χ3v) is 5.82. The molecule has 0 atom stereocenters. The molecule has 2 aliphatic rings. The summed E-state index contributed by atoms with van der Waals surface area (Å²) in [6.07, 6.45) is 4.88. The van der Waals surface area contributed by atoms with E-state index in [4.69, 9.17) is 12.2 Å². The summed E-state index contributed by atoms with van der Waals surface area (Å²) in [5, 5.41) is 1.22. The molecular weight excluding hydrogens is 322 g/mol. The molecule has 7 heteroatoms. The lowest BCUT2D eigenvalue weighted by molar-refractivity contribution is -0.122. The zero-order chi connectivity index (χ0) is 15.4. The second-order valence-electron chi connectivity index (χ2n) is 5.29. The van der Waals surface area contributed by atoms with Crippen molar-refractivity contribution in [3.8, 4) is 0 Å². The summed E-state index contributed by atoms with van der Waals surface area (Å²) in [5.74, 6) is 1.16. The van der Waals surface area contributed by atoms with E-state index in [-0.39, 0.29) is 5.91 Å². The van der Waals surface area contributed by atoms with Crippen molar-refractivity contribution in [2.24, 2.45) is 0 Å². The highest BCUT2D eigenvalue weighted by molar-refractivity contribution is 8.26. The smallest absolute Gasteiger partial charge is 0.266 e. The van der Waals surface area contributed by atoms with Crippen LogP contribution in [0.2, 0.25) is 0 Å². The number of hydrogen-bond donors (Lipinski definition) is 0. The Morgan fingerprint density at radius 1 is 1.38 bits per heavy atom. The number of allylic oxidation sites excluding steroid dienone is 2. The number of hydrogen-bond acceptors (Lipinski definition) is 6. The van der Waals surface area contributed by atoms with Crippen LogP contribution in [-0.2, 0) is 4.79 Å². The van der Waals surface area contributed by atoms with Gasteiger partial charge in [-0.25, -0.2) is 0 Å². The molecule has 0 radical (unpaired) electrons. The van der Waals surface area contributed by atoms with Gasteiger partial charge < -0.3 is 9.80 Å². The van der Waals surface area contributed by atoms with Crippen LogP contribution in [0, 0.1) is 0 Å². The minimum Gasteiger partial charge on any atom is -0.369 e. The van der Waals surface area contributed by atoms with Crippen molar-refractivity contribution in [3.63, 3.8) is 0 Å². The molecule has 1 amide bonds. The number of rotatable bonds is 5. The Balaban J connectivity index is 1.97. The Bertz CT molecular complexity index is 488. The molecule has 0 N–H and O–H groups in total. The van der Waals surface area contributed by atoms with Crippen LogP contribution < -0.4 is 0 Å². The first kappa shape index (κ1) is 16.9. The van der Waals surface area contributed by atoms with Gasteiger partial charge in [0.25, 0.3) is 5.91 Å². The molecule has 2 heterocycles. The van der Waals surface area contributed by atoms with Crippen LogP contribution in [0.4, 0.5) is 0 Å². The lowest BCUT2D eigenvalue weighted by Crippen LogP contribution is -2.30. The van der Waals surface area contributed by atoms with Crippen LogP contribution in [0.5, 0.6) is 0 Å². The lowest BCUT2D eigenvalue weighted by atomic mass is 10.3. The van der Waals surface area contributed by atoms with E-state index in [1.807, 2.05) is 38.0 Å². The quantitative estimate of drug-likeness (QED) is 0.561. The molecule has 2 aliphatic heterocycles. The highest BCUT2D eigenvalue weighted by atomic mass is 32.2. The Morgan fingerprint density at radius 3 is 2.76 bits per heavy atom. The van der Waals surface area contributed by atoms with Gasteiger partial charge in [-0.15, -0.1) is 11.8 Å². The van der Waals surface area contributed by atoms with Crippen LogP contribution in [0.25, 0.3) is 0 Å². The number of carbonyl (C=O) groups excluding carboxylic acids is 1. The minimum atomic E-state index is 0.0475. The van der Waals surface area contributed by atoms with Gasteiger partial charge >= 0.3 is 0 Å². The minimum absolute atomic E-state index is 0.0475. The summed E-state index contributed by atoms with van der Waals surface area (Å²) in [4.78, 5) is 19.1. The molecule has 116 valence electrons. The third kappa shape index (κ3) is 4.48. The summed E-state index contributed by atoms with van der Waals surface area (Å²) in [5.41, 5.74) is 0. The van der Waals surface area contributed by atoms with E-state index in [2.05, 4.69) is 16.8 Å². The zero-order valence-electron chi connectivity index (χ0n) is 12.7. The Morgan fingerprint density at radius 2 is 2.14 bits per heavy atom. The maximum absolute atomic E-state index is 12.4. The predicted molar refractivity (Wildman–Crippen MR) is 96.3 cm³/mol. The summed E-state index contributed by atoms with van der Waals surface area (Å²) in [6, 6.07) is 0.